The van der Waals surface area contributed by atoms with Crippen LogP contribution in [-0.4, -0.2) is 11.7 Å². The molecule has 14 heavy (non-hydrogen) atoms. The summed E-state index contributed by atoms with van der Waals surface area (Å²) >= 11 is 3.29. The lowest BCUT2D eigenvalue weighted by atomic mass is 10.2. The average Bonchev–Trinajstić information content (AvgIpc) is 2.18. The maximum absolute atomic E-state index is 9.42. The number of phenols is 1. The molecule has 0 fully saturated rings. The zero-order chi connectivity index (χ0) is 10.4. The van der Waals surface area contributed by atoms with Crippen molar-refractivity contribution < 1.29 is 5.11 Å². The van der Waals surface area contributed by atoms with E-state index < -0.39 is 0 Å². The fourth-order valence-electron chi connectivity index (χ4n) is 0.922. The van der Waals surface area contributed by atoms with Crippen LogP contribution in [0.3, 0.4) is 0 Å². The van der Waals surface area contributed by atoms with Gasteiger partial charge in [0.05, 0.1) is 0 Å². The highest BCUT2D eigenvalue weighted by Crippen LogP contribution is 2.22. The van der Waals surface area contributed by atoms with E-state index >= 15 is 0 Å². The van der Waals surface area contributed by atoms with Gasteiger partial charge in [-0.05, 0) is 23.7 Å². The van der Waals surface area contributed by atoms with Crippen molar-refractivity contribution in [2.75, 3.05) is 6.54 Å². The van der Waals surface area contributed by atoms with E-state index in [9.17, 15) is 5.11 Å². The van der Waals surface area contributed by atoms with Gasteiger partial charge >= 0.3 is 0 Å². The first-order valence-corrected chi connectivity index (χ1v) is 4.69. The van der Waals surface area contributed by atoms with Crippen molar-refractivity contribution in [1.29, 1.82) is 0 Å². The predicted molar refractivity (Wildman–Crippen MR) is 58.9 cm³/mol. The van der Waals surface area contributed by atoms with Crippen LogP contribution in [0.2, 0.25) is 0 Å². The number of benzene rings is 1. The summed E-state index contributed by atoms with van der Waals surface area (Å²) in [5.74, 6) is 0.199. The van der Waals surface area contributed by atoms with Gasteiger partial charge in [0.25, 0.3) is 0 Å². The zero-order valence-electron chi connectivity index (χ0n) is 7.26. The Balaban J connectivity index is 2.79. The second-order valence-electron chi connectivity index (χ2n) is 2.52. The van der Waals surface area contributed by atoms with Crippen LogP contribution in [0.4, 0.5) is 0 Å². The third-order valence-corrected chi connectivity index (χ3v) is 2.03. The van der Waals surface area contributed by atoms with Crippen LogP contribution in [-0.2, 0) is 0 Å². The molecule has 0 radical (unpaired) electrons. The molecule has 0 heterocycles. The molecule has 0 unspecified atom stereocenters. The molecule has 1 aromatic rings. The topological polar surface area (TPSA) is 69.0 Å². The van der Waals surface area contributed by atoms with Crippen LogP contribution in [0.25, 0.3) is 16.5 Å². The van der Waals surface area contributed by atoms with Crippen molar-refractivity contribution in [3.05, 3.63) is 44.8 Å². The maximum Gasteiger partial charge on any atom is 0.122 e. The highest BCUT2D eigenvalue weighted by Gasteiger charge is 1.96. The Hall–Kier alpha value is -1.45. The van der Waals surface area contributed by atoms with Gasteiger partial charge in [0.15, 0.2) is 0 Å². The standard InChI is InChI=1S/C9H8BrN3O/c10-8-3-4-9(14)7(6-8)2-1-5-12-13-11/h1-4,6,14H,5H2. The third-order valence-electron chi connectivity index (χ3n) is 1.54. The molecule has 0 amide bonds. The minimum Gasteiger partial charge on any atom is -0.507 e. The first kappa shape index (κ1) is 10.6. The van der Waals surface area contributed by atoms with Crippen LogP contribution in [0.15, 0.2) is 33.9 Å². The molecular weight excluding hydrogens is 246 g/mol. The molecule has 0 aromatic heterocycles. The number of phenolic OH excluding ortho intramolecular Hbond substituents is 1. The summed E-state index contributed by atoms with van der Waals surface area (Å²) in [7, 11) is 0. The van der Waals surface area contributed by atoms with Gasteiger partial charge in [-0.1, -0.05) is 33.2 Å². The number of halogens is 1. The SMILES string of the molecule is [N-]=[N+]=NCC=Cc1cc(Br)ccc1O. The Kier molecular flexibility index (Phi) is 4.04. The first-order valence-electron chi connectivity index (χ1n) is 3.90. The molecule has 0 bridgehead atoms. The second kappa shape index (κ2) is 5.32. The normalized spacial score (nSPS) is 10.1. The van der Waals surface area contributed by atoms with E-state index in [1.807, 2.05) is 0 Å². The predicted octanol–water partition coefficient (Wildman–Crippen LogP) is 3.48. The van der Waals surface area contributed by atoms with Gasteiger partial charge in [0.2, 0.25) is 0 Å². The fraction of sp³-hybridized carbons (Fsp3) is 0.111. The summed E-state index contributed by atoms with van der Waals surface area (Å²) in [5, 5.41) is 12.8. The Labute approximate surface area is 89.6 Å². The number of rotatable bonds is 3. The molecule has 0 aliphatic carbocycles. The van der Waals surface area contributed by atoms with Gasteiger partial charge in [-0.25, -0.2) is 0 Å². The van der Waals surface area contributed by atoms with E-state index in [2.05, 4.69) is 26.0 Å². The second-order valence-corrected chi connectivity index (χ2v) is 3.43. The molecule has 0 aliphatic heterocycles. The lowest BCUT2D eigenvalue weighted by Crippen LogP contribution is -1.76. The van der Waals surface area contributed by atoms with Crippen molar-refractivity contribution in [2.24, 2.45) is 5.11 Å². The Morgan fingerprint density at radius 1 is 1.57 bits per heavy atom. The molecule has 72 valence electrons. The lowest BCUT2D eigenvalue weighted by molar-refractivity contribution is 0.474. The third kappa shape index (κ3) is 3.12. The quantitative estimate of drug-likeness (QED) is 0.500. The lowest BCUT2D eigenvalue weighted by Gasteiger charge is -1.98. The van der Waals surface area contributed by atoms with Crippen LogP contribution in [0, 0.1) is 0 Å². The minimum absolute atomic E-state index is 0.199. The summed E-state index contributed by atoms with van der Waals surface area (Å²) in [6.07, 6.45) is 3.38. The van der Waals surface area contributed by atoms with Crippen molar-refractivity contribution in [2.45, 2.75) is 0 Å². The van der Waals surface area contributed by atoms with E-state index in [0.717, 1.165) is 4.47 Å². The maximum atomic E-state index is 9.42. The van der Waals surface area contributed by atoms with Crippen LogP contribution in [0.5, 0.6) is 5.75 Å². The van der Waals surface area contributed by atoms with E-state index in [1.54, 1.807) is 30.4 Å². The summed E-state index contributed by atoms with van der Waals surface area (Å²) < 4.78 is 0.888. The number of hydrogen-bond acceptors (Lipinski definition) is 2. The summed E-state index contributed by atoms with van der Waals surface area (Å²) in [6.45, 7) is 0.280. The Morgan fingerprint density at radius 3 is 3.07 bits per heavy atom. The Morgan fingerprint density at radius 2 is 2.36 bits per heavy atom. The summed E-state index contributed by atoms with van der Waals surface area (Å²) in [5.41, 5.74) is 8.72. The summed E-state index contributed by atoms with van der Waals surface area (Å²) in [4.78, 5) is 2.61. The van der Waals surface area contributed by atoms with Gasteiger partial charge in [0, 0.05) is 21.5 Å². The molecule has 0 spiro atoms. The van der Waals surface area contributed by atoms with E-state index in [4.69, 9.17) is 5.53 Å². The highest BCUT2D eigenvalue weighted by molar-refractivity contribution is 9.10. The van der Waals surface area contributed by atoms with Gasteiger partial charge < -0.3 is 5.11 Å². The van der Waals surface area contributed by atoms with Crippen molar-refractivity contribution in [3.8, 4) is 5.75 Å². The van der Waals surface area contributed by atoms with Crippen molar-refractivity contribution in [1.82, 2.24) is 0 Å². The molecule has 0 saturated carbocycles. The fourth-order valence-corrected chi connectivity index (χ4v) is 1.30. The summed E-state index contributed by atoms with van der Waals surface area (Å²) in [6, 6.07) is 5.12. The van der Waals surface area contributed by atoms with E-state index in [-0.39, 0.29) is 12.3 Å². The van der Waals surface area contributed by atoms with Gasteiger partial charge in [-0.2, -0.15) is 0 Å². The van der Waals surface area contributed by atoms with Crippen LogP contribution in [0.1, 0.15) is 5.56 Å². The van der Waals surface area contributed by atoms with Gasteiger partial charge in [0.1, 0.15) is 5.75 Å². The zero-order valence-corrected chi connectivity index (χ0v) is 8.85. The molecule has 0 aliphatic rings. The first-order chi connectivity index (χ1) is 6.74. The van der Waals surface area contributed by atoms with Gasteiger partial charge in [-0.15, -0.1) is 0 Å². The molecule has 1 rings (SSSR count). The number of azide groups is 1. The largest absolute Gasteiger partial charge is 0.507 e. The Bertz CT molecular complexity index is 397. The molecular formula is C9H8BrN3O. The van der Waals surface area contributed by atoms with Gasteiger partial charge in [-0.3, -0.25) is 0 Å². The van der Waals surface area contributed by atoms with Crippen LogP contribution < -0.4 is 0 Å². The monoisotopic (exact) mass is 253 g/mol. The van der Waals surface area contributed by atoms with Crippen molar-refractivity contribution >= 4 is 22.0 Å². The van der Waals surface area contributed by atoms with E-state index in [1.165, 1.54) is 0 Å². The molecule has 0 saturated heterocycles. The number of hydrogen-bond donors (Lipinski definition) is 1. The minimum atomic E-state index is 0.199. The molecule has 4 nitrogen and oxygen atoms in total. The smallest absolute Gasteiger partial charge is 0.122 e. The molecule has 1 aromatic carbocycles. The number of aromatic hydroxyl groups is 1. The average molecular weight is 254 g/mol. The van der Waals surface area contributed by atoms with Crippen LogP contribution >= 0.6 is 15.9 Å². The van der Waals surface area contributed by atoms with E-state index in [0.29, 0.717) is 5.56 Å². The molecule has 0 atom stereocenters. The number of nitrogens with zero attached hydrogens (tertiary/aromatic N) is 3. The van der Waals surface area contributed by atoms with Crippen molar-refractivity contribution in [3.63, 3.8) is 0 Å². The molecule has 1 N–H and O–H groups in total. The highest BCUT2D eigenvalue weighted by atomic mass is 79.9. The molecule has 5 heteroatoms.